The van der Waals surface area contributed by atoms with Gasteiger partial charge in [-0.2, -0.15) is 0 Å². The molecule has 0 N–H and O–H groups in total. The number of rotatable bonds is 4. The van der Waals surface area contributed by atoms with Gasteiger partial charge in [0.25, 0.3) is 11.6 Å². The van der Waals surface area contributed by atoms with Crippen molar-refractivity contribution in [2.24, 2.45) is 4.99 Å². The molecule has 0 atom stereocenters. The van der Waals surface area contributed by atoms with Crippen molar-refractivity contribution >= 4 is 63.3 Å². The summed E-state index contributed by atoms with van der Waals surface area (Å²) in [6.07, 6.45) is 0. The summed E-state index contributed by atoms with van der Waals surface area (Å²) >= 11 is 19.3. The fourth-order valence-electron chi connectivity index (χ4n) is 2.46. The molecule has 2 aromatic carbocycles. The maximum Gasteiger partial charge on any atom is 0.288 e. The molecular formula is C17H12Cl3N3O3S. The Bertz CT molecular complexity index is 952. The first-order valence-corrected chi connectivity index (χ1v) is 9.86. The van der Waals surface area contributed by atoms with E-state index >= 15 is 0 Å². The van der Waals surface area contributed by atoms with Gasteiger partial charge in [-0.3, -0.25) is 24.8 Å². The maximum absolute atomic E-state index is 12.8. The summed E-state index contributed by atoms with van der Waals surface area (Å²) in [5.41, 5.74) is 0.752. The van der Waals surface area contributed by atoms with Crippen LogP contribution in [0.2, 0.25) is 15.1 Å². The first kappa shape index (κ1) is 19.9. The number of nitrogens with zero attached hydrogens (tertiary/aromatic N) is 3. The van der Waals surface area contributed by atoms with Crippen molar-refractivity contribution in [2.45, 2.75) is 5.75 Å². The monoisotopic (exact) mass is 443 g/mol. The van der Waals surface area contributed by atoms with E-state index in [-0.39, 0.29) is 22.2 Å². The van der Waals surface area contributed by atoms with Gasteiger partial charge in [-0.15, -0.1) is 0 Å². The highest BCUT2D eigenvalue weighted by Crippen LogP contribution is 2.29. The summed E-state index contributed by atoms with van der Waals surface area (Å²) in [6, 6.07) is 9.22. The molecule has 6 nitrogen and oxygen atoms in total. The topological polar surface area (TPSA) is 75.8 Å². The van der Waals surface area contributed by atoms with Crippen LogP contribution in [-0.2, 0) is 5.75 Å². The highest BCUT2D eigenvalue weighted by molar-refractivity contribution is 8.13. The minimum atomic E-state index is -0.616. The third kappa shape index (κ3) is 4.55. The molecule has 27 heavy (non-hydrogen) atoms. The van der Waals surface area contributed by atoms with Gasteiger partial charge in [-0.05, 0) is 29.8 Å². The van der Waals surface area contributed by atoms with Gasteiger partial charge in [-0.1, -0.05) is 52.6 Å². The first-order chi connectivity index (χ1) is 12.9. The fourth-order valence-corrected chi connectivity index (χ4v) is 4.25. The molecule has 0 saturated heterocycles. The molecule has 0 aromatic heterocycles. The number of nitro benzene ring substituents is 1. The summed E-state index contributed by atoms with van der Waals surface area (Å²) in [5, 5.41) is 12.7. The van der Waals surface area contributed by atoms with Crippen LogP contribution in [0.5, 0.6) is 0 Å². The molecule has 140 valence electrons. The van der Waals surface area contributed by atoms with Crippen LogP contribution in [0.15, 0.2) is 41.4 Å². The number of amides is 1. The summed E-state index contributed by atoms with van der Waals surface area (Å²) in [6.45, 7) is 0.879. The molecule has 1 aliphatic rings. The lowest BCUT2D eigenvalue weighted by Gasteiger charge is -2.18. The highest BCUT2D eigenvalue weighted by Gasteiger charge is 2.27. The van der Waals surface area contributed by atoms with Crippen LogP contribution in [0.1, 0.15) is 15.9 Å². The predicted octanol–water partition coefficient (Wildman–Crippen LogP) is 5.30. The van der Waals surface area contributed by atoms with Crippen LogP contribution in [0.25, 0.3) is 0 Å². The number of nitro groups is 1. The number of carbonyl (C=O) groups excluding carboxylic acids is 1. The first-order valence-electron chi connectivity index (χ1n) is 7.74. The second kappa shape index (κ2) is 8.48. The Balaban J connectivity index is 1.75. The maximum atomic E-state index is 12.8. The summed E-state index contributed by atoms with van der Waals surface area (Å²) in [7, 11) is 0. The van der Waals surface area contributed by atoms with Gasteiger partial charge in [0, 0.05) is 34.0 Å². The normalized spacial score (nSPS) is 13.6. The molecule has 0 unspecified atom stereocenters. The van der Waals surface area contributed by atoms with Crippen molar-refractivity contribution in [3.05, 3.63) is 72.7 Å². The van der Waals surface area contributed by atoms with E-state index in [1.165, 1.54) is 34.9 Å². The molecule has 0 saturated carbocycles. The molecule has 0 bridgehead atoms. The summed E-state index contributed by atoms with van der Waals surface area (Å²) < 4.78 is 0. The smallest absolute Gasteiger partial charge is 0.286 e. The molecule has 0 aliphatic carbocycles. The van der Waals surface area contributed by atoms with Gasteiger partial charge < -0.3 is 0 Å². The van der Waals surface area contributed by atoms with E-state index in [9.17, 15) is 14.9 Å². The Morgan fingerprint density at radius 3 is 2.67 bits per heavy atom. The van der Waals surface area contributed by atoms with Gasteiger partial charge >= 0.3 is 0 Å². The molecule has 10 heteroatoms. The number of aliphatic imine (C=N–C) groups is 1. The molecule has 0 spiro atoms. The highest BCUT2D eigenvalue weighted by atomic mass is 35.5. The number of hydrogen-bond donors (Lipinski definition) is 0. The zero-order valence-electron chi connectivity index (χ0n) is 13.7. The van der Waals surface area contributed by atoms with Crippen LogP contribution < -0.4 is 0 Å². The quantitative estimate of drug-likeness (QED) is 0.473. The van der Waals surface area contributed by atoms with Crippen molar-refractivity contribution < 1.29 is 9.72 Å². The minimum absolute atomic E-state index is 0.0152. The van der Waals surface area contributed by atoms with Crippen LogP contribution in [0.3, 0.4) is 0 Å². The Hall–Kier alpha value is -1.80. The number of hydrogen-bond acceptors (Lipinski definition) is 5. The van der Waals surface area contributed by atoms with Gasteiger partial charge in [0.1, 0.15) is 5.02 Å². The lowest BCUT2D eigenvalue weighted by molar-refractivity contribution is -0.384. The Labute approximate surface area is 174 Å². The van der Waals surface area contributed by atoms with Crippen LogP contribution in [0, 0.1) is 10.1 Å². The summed E-state index contributed by atoms with van der Waals surface area (Å²) in [4.78, 5) is 29.1. The second-order valence-electron chi connectivity index (χ2n) is 5.57. The van der Waals surface area contributed by atoms with Crippen LogP contribution in [-0.4, -0.2) is 34.0 Å². The molecule has 0 fully saturated rings. The second-order valence-corrected chi connectivity index (χ2v) is 7.76. The average Bonchev–Trinajstić information content (AvgIpc) is 3.09. The van der Waals surface area contributed by atoms with E-state index in [0.717, 1.165) is 5.56 Å². The van der Waals surface area contributed by atoms with Gasteiger partial charge in [0.05, 0.1) is 11.5 Å². The largest absolute Gasteiger partial charge is 0.288 e. The van der Waals surface area contributed by atoms with E-state index < -0.39 is 4.92 Å². The van der Waals surface area contributed by atoms with E-state index in [4.69, 9.17) is 34.8 Å². The number of amidine groups is 1. The molecular weight excluding hydrogens is 433 g/mol. The van der Waals surface area contributed by atoms with E-state index in [2.05, 4.69) is 4.99 Å². The SMILES string of the molecule is O=C(c1ccc(Cl)c([N+](=O)[O-])c1)N1CCN=C1SCc1ccc(Cl)cc1Cl. The molecule has 1 heterocycles. The minimum Gasteiger partial charge on any atom is -0.286 e. The molecule has 1 aliphatic heterocycles. The van der Waals surface area contributed by atoms with Crippen LogP contribution in [0.4, 0.5) is 5.69 Å². The number of carbonyl (C=O) groups is 1. The molecule has 2 aromatic rings. The van der Waals surface area contributed by atoms with E-state index in [1.54, 1.807) is 12.1 Å². The number of benzene rings is 2. The Morgan fingerprint density at radius 2 is 1.96 bits per heavy atom. The van der Waals surface area contributed by atoms with Crippen molar-refractivity contribution in [1.29, 1.82) is 0 Å². The van der Waals surface area contributed by atoms with Crippen molar-refractivity contribution in [3.8, 4) is 0 Å². The zero-order valence-corrected chi connectivity index (χ0v) is 16.8. The van der Waals surface area contributed by atoms with E-state index in [0.29, 0.717) is 34.1 Å². The average molecular weight is 445 g/mol. The van der Waals surface area contributed by atoms with Gasteiger partial charge in [0.2, 0.25) is 0 Å². The number of thioether (sulfide) groups is 1. The van der Waals surface area contributed by atoms with Crippen molar-refractivity contribution in [3.63, 3.8) is 0 Å². The predicted molar refractivity (Wildman–Crippen MR) is 109 cm³/mol. The lowest BCUT2D eigenvalue weighted by atomic mass is 10.2. The molecule has 1 amide bonds. The molecule has 0 radical (unpaired) electrons. The lowest BCUT2D eigenvalue weighted by Crippen LogP contribution is -2.32. The van der Waals surface area contributed by atoms with E-state index in [1.807, 2.05) is 6.07 Å². The zero-order chi connectivity index (χ0) is 19.6. The van der Waals surface area contributed by atoms with Crippen molar-refractivity contribution in [2.75, 3.05) is 13.1 Å². The number of halogens is 3. The third-order valence-corrected chi connectivity index (χ3v) is 5.78. The fraction of sp³-hybridized carbons (Fsp3) is 0.176. The van der Waals surface area contributed by atoms with Crippen LogP contribution >= 0.6 is 46.6 Å². The molecule has 3 rings (SSSR count). The van der Waals surface area contributed by atoms with Gasteiger partial charge in [-0.25, -0.2) is 0 Å². The Morgan fingerprint density at radius 1 is 1.19 bits per heavy atom. The standard InChI is InChI=1S/C17H12Cl3N3O3S/c18-12-3-1-11(14(20)8-12)9-27-17-21-5-6-22(17)16(24)10-2-4-13(19)15(7-10)23(25)26/h1-4,7-8H,5-6,9H2. The summed E-state index contributed by atoms with van der Waals surface area (Å²) in [5.74, 6) is 0.153. The van der Waals surface area contributed by atoms with Crippen molar-refractivity contribution in [1.82, 2.24) is 4.90 Å². The third-order valence-electron chi connectivity index (χ3n) is 3.81. The van der Waals surface area contributed by atoms with Gasteiger partial charge in [0.15, 0.2) is 5.17 Å². The Kier molecular flexibility index (Phi) is 6.26.